The molecule has 1 aliphatic rings. The highest BCUT2D eigenvalue weighted by Gasteiger charge is 2.18. The Labute approximate surface area is 140 Å². The molecule has 1 aromatic carbocycles. The Hall–Kier alpha value is -1.55. The van der Waals surface area contributed by atoms with Crippen molar-refractivity contribution < 1.29 is 9.53 Å². The van der Waals surface area contributed by atoms with E-state index in [4.69, 9.17) is 4.74 Å². The summed E-state index contributed by atoms with van der Waals surface area (Å²) < 4.78 is 5.51. The van der Waals surface area contributed by atoms with Gasteiger partial charge in [-0.25, -0.2) is 4.79 Å². The van der Waals surface area contributed by atoms with Crippen LogP contribution in [0.5, 0.6) is 0 Å². The van der Waals surface area contributed by atoms with E-state index in [0.717, 1.165) is 12.1 Å². The third-order valence-corrected chi connectivity index (χ3v) is 4.60. The van der Waals surface area contributed by atoms with E-state index in [1.54, 1.807) is 0 Å². The zero-order chi connectivity index (χ0) is 16.7. The van der Waals surface area contributed by atoms with Crippen LogP contribution in [0.3, 0.4) is 0 Å². The second-order valence-electron chi connectivity index (χ2n) is 6.65. The maximum absolute atomic E-state index is 12.2. The number of carbonyl (C=O) groups is 1. The molecular weight excluding hydrogens is 288 g/mol. The van der Waals surface area contributed by atoms with E-state index in [1.807, 2.05) is 43.3 Å². The molecule has 1 aliphatic carbocycles. The second-order valence-corrected chi connectivity index (χ2v) is 6.65. The van der Waals surface area contributed by atoms with Crippen molar-refractivity contribution in [2.45, 2.75) is 57.5 Å². The average Bonchev–Trinajstić information content (AvgIpc) is 2.59. The molecule has 128 valence electrons. The van der Waals surface area contributed by atoms with Gasteiger partial charge in [-0.15, -0.1) is 0 Å². The van der Waals surface area contributed by atoms with Crippen molar-refractivity contribution in [3.63, 3.8) is 0 Å². The summed E-state index contributed by atoms with van der Waals surface area (Å²) in [7, 11) is 3.96. The standard InChI is InChI=1S/C19H30N2O2/c1-4-16(20-17-8-6-5-7-9-17)14-23-19(22)15-10-12-18(13-11-15)21(2)3/h10-13,16-17,20H,4-9,14H2,1-3H3. The van der Waals surface area contributed by atoms with E-state index in [1.165, 1.54) is 32.1 Å². The van der Waals surface area contributed by atoms with Gasteiger partial charge in [-0.2, -0.15) is 0 Å². The molecule has 0 radical (unpaired) electrons. The quantitative estimate of drug-likeness (QED) is 0.780. The van der Waals surface area contributed by atoms with E-state index in [0.29, 0.717) is 18.2 Å². The van der Waals surface area contributed by atoms with Gasteiger partial charge in [0.15, 0.2) is 0 Å². The van der Waals surface area contributed by atoms with Crippen molar-refractivity contribution in [1.82, 2.24) is 5.32 Å². The number of nitrogens with zero attached hydrogens (tertiary/aromatic N) is 1. The molecule has 1 unspecified atom stereocenters. The van der Waals surface area contributed by atoms with Crippen LogP contribution in [0.25, 0.3) is 0 Å². The van der Waals surface area contributed by atoms with Crippen molar-refractivity contribution in [3.05, 3.63) is 29.8 Å². The van der Waals surface area contributed by atoms with Crippen LogP contribution in [-0.2, 0) is 4.74 Å². The fourth-order valence-electron chi connectivity index (χ4n) is 3.04. The molecule has 0 aliphatic heterocycles. The number of carbonyl (C=O) groups excluding carboxylic acids is 1. The Balaban J connectivity index is 1.81. The number of hydrogen-bond donors (Lipinski definition) is 1. The van der Waals surface area contributed by atoms with E-state index in [-0.39, 0.29) is 12.0 Å². The zero-order valence-electron chi connectivity index (χ0n) is 14.7. The van der Waals surface area contributed by atoms with Crippen LogP contribution >= 0.6 is 0 Å². The normalized spacial score (nSPS) is 16.8. The minimum Gasteiger partial charge on any atom is -0.460 e. The van der Waals surface area contributed by atoms with Gasteiger partial charge in [-0.3, -0.25) is 0 Å². The minimum absolute atomic E-state index is 0.237. The Kier molecular flexibility index (Phi) is 6.90. The molecule has 1 atom stereocenters. The summed E-state index contributed by atoms with van der Waals surface area (Å²) in [5, 5.41) is 3.65. The summed E-state index contributed by atoms with van der Waals surface area (Å²) in [5.41, 5.74) is 1.69. The third-order valence-electron chi connectivity index (χ3n) is 4.60. The largest absolute Gasteiger partial charge is 0.460 e. The van der Waals surface area contributed by atoms with Gasteiger partial charge >= 0.3 is 5.97 Å². The minimum atomic E-state index is -0.237. The van der Waals surface area contributed by atoms with E-state index >= 15 is 0 Å². The molecule has 1 fully saturated rings. The highest BCUT2D eigenvalue weighted by Crippen LogP contribution is 2.18. The van der Waals surface area contributed by atoms with Gasteiger partial charge in [0.2, 0.25) is 0 Å². The summed E-state index contributed by atoms with van der Waals surface area (Å²) in [6, 6.07) is 8.37. The Morgan fingerprint density at radius 1 is 1.22 bits per heavy atom. The summed E-state index contributed by atoms with van der Waals surface area (Å²) in [6.07, 6.45) is 7.45. The van der Waals surface area contributed by atoms with Crippen LogP contribution < -0.4 is 10.2 Å². The van der Waals surface area contributed by atoms with E-state index in [9.17, 15) is 4.79 Å². The first-order chi connectivity index (χ1) is 11.1. The van der Waals surface area contributed by atoms with Gasteiger partial charge in [-0.1, -0.05) is 26.2 Å². The van der Waals surface area contributed by atoms with Gasteiger partial charge in [-0.05, 0) is 43.5 Å². The SMILES string of the molecule is CCC(COC(=O)c1ccc(N(C)C)cc1)NC1CCCCC1. The molecule has 1 aromatic rings. The molecule has 0 spiro atoms. The predicted molar refractivity (Wildman–Crippen MR) is 95.1 cm³/mol. The van der Waals surface area contributed by atoms with Crippen molar-refractivity contribution >= 4 is 11.7 Å². The summed E-state index contributed by atoms with van der Waals surface area (Å²) >= 11 is 0. The van der Waals surface area contributed by atoms with Crippen LogP contribution in [0.4, 0.5) is 5.69 Å². The third kappa shape index (κ3) is 5.54. The second kappa shape index (κ2) is 8.92. The van der Waals surface area contributed by atoms with Gasteiger partial charge in [0.05, 0.1) is 5.56 Å². The van der Waals surface area contributed by atoms with Crippen molar-refractivity contribution in [2.75, 3.05) is 25.6 Å². The molecule has 0 aromatic heterocycles. The number of rotatable bonds is 7. The molecule has 0 amide bonds. The van der Waals surface area contributed by atoms with Crippen molar-refractivity contribution in [3.8, 4) is 0 Å². The van der Waals surface area contributed by atoms with Gasteiger partial charge in [0, 0.05) is 31.9 Å². The van der Waals surface area contributed by atoms with Crippen LogP contribution in [-0.4, -0.2) is 38.8 Å². The smallest absolute Gasteiger partial charge is 0.338 e. The lowest BCUT2D eigenvalue weighted by molar-refractivity contribution is 0.0453. The number of hydrogen-bond acceptors (Lipinski definition) is 4. The highest BCUT2D eigenvalue weighted by atomic mass is 16.5. The molecule has 23 heavy (non-hydrogen) atoms. The number of esters is 1. The summed E-state index contributed by atoms with van der Waals surface area (Å²) in [4.78, 5) is 14.2. The van der Waals surface area contributed by atoms with Crippen molar-refractivity contribution in [1.29, 1.82) is 0 Å². The number of nitrogens with one attached hydrogen (secondary N) is 1. The molecule has 0 bridgehead atoms. The predicted octanol–water partition coefficient (Wildman–Crippen LogP) is 3.61. The van der Waals surface area contributed by atoms with Gasteiger partial charge in [0.1, 0.15) is 6.61 Å². The molecule has 4 nitrogen and oxygen atoms in total. The summed E-state index contributed by atoms with van der Waals surface area (Å²) in [5.74, 6) is -0.237. The number of ether oxygens (including phenoxy) is 1. The monoisotopic (exact) mass is 318 g/mol. The maximum Gasteiger partial charge on any atom is 0.338 e. The first-order valence-electron chi connectivity index (χ1n) is 8.80. The lowest BCUT2D eigenvalue weighted by atomic mass is 9.95. The van der Waals surface area contributed by atoms with E-state index in [2.05, 4.69) is 12.2 Å². The van der Waals surface area contributed by atoms with Crippen LogP contribution in [0, 0.1) is 0 Å². The molecule has 1 saturated carbocycles. The number of benzene rings is 1. The summed E-state index contributed by atoms with van der Waals surface area (Å²) in [6.45, 7) is 2.58. The molecular formula is C19H30N2O2. The highest BCUT2D eigenvalue weighted by molar-refractivity contribution is 5.89. The lowest BCUT2D eigenvalue weighted by Gasteiger charge is -2.27. The Morgan fingerprint density at radius 2 is 1.87 bits per heavy atom. The van der Waals surface area contributed by atoms with Crippen LogP contribution in [0.2, 0.25) is 0 Å². The van der Waals surface area contributed by atoms with Gasteiger partial charge in [0.25, 0.3) is 0 Å². The van der Waals surface area contributed by atoms with E-state index < -0.39 is 0 Å². The number of anilines is 1. The molecule has 0 saturated heterocycles. The molecule has 2 rings (SSSR count). The zero-order valence-corrected chi connectivity index (χ0v) is 14.7. The first-order valence-corrected chi connectivity index (χ1v) is 8.80. The molecule has 0 heterocycles. The topological polar surface area (TPSA) is 41.6 Å². The maximum atomic E-state index is 12.2. The van der Waals surface area contributed by atoms with Crippen molar-refractivity contribution in [2.24, 2.45) is 0 Å². The fraction of sp³-hybridized carbons (Fsp3) is 0.632. The van der Waals surface area contributed by atoms with Gasteiger partial charge < -0.3 is 15.0 Å². The first kappa shape index (κ1) is 17.8. The van der Waals surface area contributed by atoms with Crippen LogP contribution in [0.15, 0.2) is 24.3 Å². The Morgan fingerprint density at radius 3 is 2.43 bits per heavy atom. The molecule has 1 N–H and O–H groups in total. The van der Waals surface area contributed by atoms with Crippen LogP contribution in [0.1, 0.15) is 55.8 Å². The fourth-order valence-corrected chi connectivity index (χ4v) is 3.04. The Bertz CT molecular complexity index is 479. The molecule has 4 heteroatoms. The lowest BCUT2D eigenvalue weighted by Crippen LogP contribution is -2.42. The average molecular weight is 318 g/mol.